The maximum atomic E-state index is 5.68. The van der Waals surface area contributed by atoms with Crippen LogP contribution in [0.1, 0.15) is 5.56 Å². The molecule has 0 bridgehead atoms. The Bertz CT molecular complexity index is 700. The van der Waals surface area contributed by atoms with Crippen molar-refractivity contribution in [2.24, 2.45) is 0 Å². The molecule has 0 radical (unpaired) electrons. The zero-order chi connectivity index (χ0) is 13.8. The van der Waals surface area contributed by atoms with E-state index in [0.29, 0.717) is 11.1 Å². The highest BCUT2D eigenvalue weighted by atomic mass is 79.9. The molecule has 0 atom stereocenters. The van der Waals surface area contributed by atoms with Gasteiger partial charge in [0.2, 0.25) is 5.89 Å². The molecule has 1 heterocycles. The van der Waals surface area contributed by atoms with E-state index in [-0.39, 0.29) is 0 Å². The van der Waals surface area contributed by atoms with Gasteiger partial charge in [-0.3, -0.25) is 0 Å². The van der Waals surface area contributed by atoms with E-state index in [4.69, 9.17) is 4.42 Å². The summed E-state index contributed by atoms with van der Waals surface area (Å²) in [6.07, 6.45) is 0. The summed E-state index contributed by atoms with van der Waals surface area (Å²) in [5, 5.41) is 8.75. The third-order valence-corrected chi connectivity index (χ3v) is 4.30. The molecule has 2 aromatic carbocycles. The fourth-order valence-corrected chi connectivity index (χ4v) is 2.90. The number of nitrogens with zero attached hydrogens (tertiary/aromatic N) is 2. The first-order valence-corrected chi connectivity index (χ1v) is 7.86. The van der Waals surface area contributed by atoms with Crippen molar-refractivity contribution in [3.63, 3.8) is 0 Å². The van der Waals surface area contributed by atoms with Gasteiger partial charge >= 0.3 is 0 Å². The topological polar surface area (TPSA) is 38.9 Å². The molecule has 0 amide bonds. The van der Waals surface area contributed by atoms with Crippen molar-refractivity contribution in [2.45, 2.75) is 11.0 Å². The normalized spacial score (nSPS) is 10.7. The summed E-state index contributed by atoms with van der Waals surface area (Å²) < 4.78 is 6.63. The average molecular weight is 347 g/mol. The number of hydrogen-bond acceptors (Lipinski definition) is 4. The van der Waals surface area contributed by atoms with Crippen LogP contribution >= 0.6 is 27.7 Å². The Balaban J connectivity index is 1.73. The first-order chi connectivity index (χ1) is 9.83. The van der Waals surface area contributed by atoms with E-state index in [1.807, 2.05) is 42.5 Å². The number of thioether (sulfide) groups is 1. The fraction of sp³-hybridized carbons (Fsp3) is 0.0667. The largest absolute Gasteiger partial charge is 0.411 e. The van der Waals surface area contributed by atoms with Crippen LogP contribution in [0.15, 0.2) is 68.7 Å². The molecule has 0 fully saturated rings. The van der Waals surface area contributed by atoms with Crippen LogP contribution in [0.5, 0.6) is 0 Å². The Labute approximate surface area is 129 Å². The number of benzene rings is 2. The predicted octanol–water partition coefficient (Wildman–Crippen LogP) is 4.79. The summed E-state index contributed by atoms with van der Waals surface area (Å²) in [5.74, 6) is 1.35. The minimum atomic E-state index is 0.535. The fourth-order valence-electron chi connectivity index (χ4n) is 1.73. The summed E-state index contributed by atoms with van der Waals surface area (Å²) in [5.41, 5.74) is 2.14. The lowest BCUT2D eigenvalue weighted by atomic mass is 10.2. The lowest BCUT2D eigenvalue weighted by Crippen LogP contribution is -1.79. The molecule has 0 N–H and O–H groups in total. The van der Waals surface area contributed by atoms with Crippen LogP contribution in [-0.4, -0.2) is 10.2 Å². The Morgan fingerprint density at radius 2 is 1.70 bits per heavy atom. The van der Waals surface area contributed by atoms with E-state index in [1.165, 1.54) is 17.3 Å². The van der Waals surface area contributed by atoms with Crippen molar-refractivity contribution < 1.29 is 4.42 Å². The highest BCUT2D eigenvalue weighted by Gasteiger charge is 2.11. The summed E-state index contributed by atoms with van der Waals surface area (Å²) in [6, 6.07) is 18.0. The molecule has 3 rings (SSSR count). The van der Waals surface area contributed by atoms with Crippen molar-refractivity contribution in [2.75, 3.05) is 0 Å². The van der Waals surface area contributed by atoms with Crippen LogP contribution < -0.4 is 0 Å². The van der Waals surface area contributed by atoms with Crippen LogP contribution in [-0.2, 0) is 5.75 Å². The van der Waals surface area contributed by atoms with Crippen molar-refractivity contribution in [1.82, 2.24) is 10.2 Å². The molecule has 1 aromatic heterocycles. The minimum absolute atomic E-state index is 0.535. The van der Waals surface area contributed by atoms with Gasteiger partial charge in [0.15, 0.2) is 0 Å². The average Bonchev–Trinajstić information content (AvgIpc) is 2.95. The van der Waals surface area contributed by atoms with Crippen LogP contribution in [0.3, 0.4) is 0 Å². The van der Waals surface area contributed by atoms with Crippen LogP contribution in [0.2, 0.25) is 0 Å². The molecule has 0 unspecified atom stereocenters. The molecule has 20 heavy (non-hydrogen) atoms. The first kappa shape index (κ1) is 13.4. The first-order valence-electron chi connectivity index (χ1n) is 6.08. The SMILES string of the molecule is Brc1ccccc1-c1nnc(SCc2ccccc2)o1. The van der Waals surface area contributed by atoms with Gasteiger partial charge in [-0.05, 0) is 33.6 Å². The van der Waals surface area contributed by atoms with E-state index in [9.17, 15) is 0 Å². The van der Waals surface area contributed by atoms with Gasteiger partial charge in [-0.15, -0.1) is 10.2 Å². The second-order valence-electron chi connectivity index (χ2n) is 4.13. The Morgan fingerprint density at radius 1 is 0.950 bits per heavy atom. The van der Waals surface area contributed by atoms with E-state index in [2.05, 4.69) is 38.3 Å². The predicted molar refractivity (Wildman–Crippen MR) is 83.4 cm³/mol. The van der Waals surface area contributed by atoms with Crippen molar-refractivity contribution in [3.8, 4) is 11.5 Å². The van der Waals surface area contributed by atoms with Gasteiger partial charge in [-0.1, -0.05) is 54.2 Å². The highest BCUT2D eigenvalue weighted by Crippen LogP contribution is 2.29. The lowest BCUT2D eigenvalue weighted by molar-refractivity contribution is 0.465. The second-order valence-corrected chi connectivity index (χ2v) is 5.91. The van der Waals surface area contributed by atoms with Gasteiger partial charge in [0.1, 0.15) is 0 Å². The van der Waals surface area contributed by atoms with Crippen molar-refractivity contribution >= 4 is 27.7 Å². The number of aromatic nitrogens is 2. The quantitative estimate of drug-likeness (QED) is 0.636. The summed E-state index contributed by atoms with van der Waals surface area (Å²) in [7, 11) is 0. The highest BCUT2D eigenvalue weighted by molar-refractivity contribution is 9.10. The van der Waals surface area contributed by atoms with Crippen LogP contribution in [0, 0.1) is 0 Å². The van der Waals surface area contributed by atoms with E-state index in [0.717, 1.165) is 15.8 Å². The Hall–Kier alpha value is -1.59. The molecule has 0 aliphatic heterocycles. The molecule has 0 aliphatic rings. The molecule has 0 spiro atoms. The third kappa shape index (κ3) is 3.11. The minimum Gasteiger partial charge on any atom is -0.411 e. The van der Waals surface area contributed by atoms with Gasteiger partial charge in [-0.2, -0.15) is 0 Å². The molecular weight excluding hydrogens is 336 g/mol. The third-order valence-electron chi connectivity index (χ3n) is 2.72. The van der Waals surface area contributed by atoms with E-state index >= 15 is 0 Å². The van der Waals surface area contributed by atoms with Gasteiger partial charge in [0.25, 0.3) is 5.22 Å². The maximum Gasteiger partial charge on any atom is 0.277 e. The molecular formula is C15H11BrN2OS. The number of rotatable bonds is 4. The molecule has 3 nitrogen and oxygen atoms in total. The van der Waals surface area contributed by atoms with Crippen molar-refractivity contribution in [3.05, 3.63) is 64.6 Å². The Morgan fingerprint density at radius 3 is 2.50 bits per heavy atom. The molecule has 0 aliphatic carbocycles. The monoisotopic (exact) mass is 346 g/mol. The molecule has 100 valence electrons. The van der Waals surface area contributed by atoms with Crippen LogP contribution in [0.25, 0.3) is 11.5 Å². The second kappa shape index (κ2) is 6.24. The molecule has 0 saturated carbocycles. The van der Waals surface area contributed by atoms with Crippen molar-refractivity contribution in [1.29, 1.82) is 0 Å². The van der Waals surface area contributed by atoms with E-state index in [1.54, 1.807) is 0 Å². The maximum absolute atomic E-state index is 5.68. The molecule has 3 aromatic rings. The zero-order valence-corrected chi connectivity index (χ0v) is 12.9. The number of hydrogen-bond donors (Lipinski definition) is 0. The van der Waals surface area contributed by atoms with Crippen LogP contribution in [0.4, 0.5) is 0 Å². The summed E-state index contributed by atoms with van der Waals surface area (Å²) >= 11 is 5.02. The molecule has 0 saturated heterocycles. The molecule has 5 heteroatoms. The summed E-state index contributed by atoms with van der Waals surface area (Å²) in [6.45, 7) is 0. The summed E-state index contributed by atoms with van der Waals surface area (Å²) in [4.78, 5) is 0. The Kier molecular flexibility index (Phi) is 4.18. The van der Waals surface area contributed by atoms with Gasteiger partial charge in [-0.25, -0.2) is 0 Å². The van der Waals surface area contributed by atoms with E-state index < -0.39 is 0 Å². The van der Waals surface area contributed by atoms with Gasteiger partial charge in [0.05, 0.1) is 5.56 Å². The number of halogens is 1. The van der Waals surface area contributed by atoms with Gasteiger partial charge < -0.3 is 4.42 Å². The smallest absolute Gasteiger partial charge is 0.277 e. The lowest BCUT2D eigenvalue weighted by Gasteiger charge is -1.98. The van der Waals surface area contributed by atoms with Gasteiger partial charge in [0, 0.05) is 10.2 Å². The standard InChI is InChI=1S/C15H11BrN2OS/c16-13-9-5-4-8-12(13)14-17-18-15(19-14)20-10-11-6-2-1-3-7-11/h1-9H,10H2. The zero-order valence-electron chi connectivity index (χ0n) is 10.5.